The van der Waals surface area contributed by atoms with E-state index in [1.54, 1.807) is 0 Å². The van der Waals surface area contributed by atoms with Gasteiger partial charge in [-0.05, 0) is 37.0 Å². The van der Waals surface area contributed by atoms with E-state index in [2.05, 4.69) is 0 Å². The summed E-state index contributed by atoms with van der Waals surface area (Å²) in [6, 6.07) is 0. The summed E-state index contributed by atoms with van der Waals surface area (Å²) < 4.78 is 0. The van der Waals surface area contributed by atoms with Gasteiger partial charge in [0.15, 0.2) is 0 Å². The first-order valence-corrected chi connectivity index (χ1v) is 3.83. The number of hydrogen-bond acceptors (Lipinski definition) is 1. The van der Waals surface area contributed by atoms with Gasteiger partial charge in [0.05, 0.1) is 0 Å². The standard InChI is InChI=1S/C8H10O/c9-4-8-3-5-1-6(8)7(8)2-5/h4-7H,1-3H2. The normalized spacial score (nSPS) is 66.4. The Hall–Kier alpha value is -0.330. The van der Waals surface area contributed by atoms with Gasteiger partial charge in [-0.25, -0.2) is 0 Å². The van der Waals surface area contributed by atoms with Crippen LogP contribution < -0.4 is 0 Å². The molecule has 2 unspecified atom stereocenters. The van der Waals surface area contributed by atoms with Gasteiger partial charge in [0.2, 0.25) is 0 Å². The van der Waals surface area contributed by atoms with E-state index in [0.717, 1.165) is 17.8 Å². The molecule has 0 aromatic heterocycles. The highest BCUT2D eigenvalue weighted by Gasteiger charge is 2.74. The second-order valence-electron chi connectivity index (χ2n) is 3.98. The molecule has 4 fully saturated rings. The lowest BCUT2D eigenvalue weighted by molar-refractivity contribution is -0.112. The van der Waals surface area contributed by atoms with Crippen molar-refractivity contribution in [3.05, 3.63) is 0 Å². The van der Waals surface area contributed by atoms with E-state index < -0.39 is 0 Å². The van der Waals surface area contributed by atoms with Gasteiger partial charge in [-0.15, -0.1) is 0 Å². The molecule has 1 heteroatoms. The molecule has 0 saturated heterocycles. The molecule has 0 aromatic rings. The smallest absolute Gasteiger partial charge is 0.126 e. The monoisotopic (exact) mass is 122 g/mol. The van der Waals surface area contributed by atoms with Crippen LogP contribution in [0.25, 0.3) is 0 Å². The molecule has 0 radical (unpaired) electrons. The van der Waals surface area contributed by atoms with Crippen molar-refractivity contribution in [1.29, 1.82) is 0 Å². The van der Waals surface area contributed by atoms with Crippen LogP contribution in [-0.2, 0) is 4.79 Å². The molecule has 0 heterocycles. The van der Waals surface area contributed by atoms with Crippen molar-refractivity contribution in [3.8, 4) is 0 Å². The maximum Gasteiger partial charge on any atom is 0.126 e. The number of hydrogen-bond donors (Lipinski definition) is 0. The van der Waals surface area contributed by atoms with E-state index in [1.165, 1.54) is 25.5 Å². The molecule has 0 amide bonds. The Labute approximate surface area is 54.4 Å². The zero-order valence-electron chi connectivity index (χ0n) is 5.34. The summed E-state index contributed by atoms with van der Waals surface area (Å²) in [6.07, 6.45) is 5.24. The molecule has 9 heavy (non-hydrogen) atoms. The first-order valence-electron chi connectivity index (χ1n) is 3.83. The third kappa shape index (κ3) is 0.280. The van der Waals surface area contributed by atoms with E-state index >= 15 is 0 Å². The molecule has 4 saturated carbocycles. The Morgan fingerprint density at radius 1 is 1.33 bits per heavy atom. The van der Waals surface area contributed by atoms with Crippen LogP contribution in [0.5, 0.6) is 0 Å². The number of carbonyl (C=O) groups is 1. The second kappa shape index (κ2) is 0.979. The van der Waals surface area contributed by atoms with Crippen LogP contribution in [-0.4, -0.2) is 6.29 Å². The highest BCUT2D eigenvalue weighted by molar-refractivity contribution is 5.68. The Bertz CT molecular complexity index is 173. The summed E-state index contributed by atoms with van der Waals surface area (Å²) in [5.74, 6) is 2.64. The molecule has 0 spiro atoms. The topological polar surface area (TPSA) is 17.1 Å². The number of carbonyl (C=O) groups excluding carboxylic acids is 1. The van der Waals surface area contributed by atoms with Gasteiger partial charge in [-0.3, -0.25) is 0 Å². The lowest BCUT2D eigenvalue weighted by atomic mass is 10.1. The predicted molar refractivity (Wildman–Crippen MR) is 32.8 cm³/mol. The van der Waals surface area contributed by atoms with E-state index in [-0.39, 0.29) is 5.41 Å². The first kappa shape index (κ1) is 4.48. The number of aldehydes is 1. The average Bonchev–Trinajstić information content (AvgIpc) is 2.44. The summed E-state index contributed by atoms with van der Waals surface area (Å²) in [6.45, 7) is 0. The van der Waals surface area contributed by atoms with Crippen LogP contribution in [0.4, 0.5) is 0 Å². The molecule has 4 aliphatic rings. The SMILES string of the molecule is O=CC12CC3CC1C2C3. The van der Waals surface area contributed by atoms with Crippen molar-refractivity contribution < 1.29 is 4.79 Å². The van der Waals surface area contributed by atoms with Gasteiger partial charge in [0.1, 0.15) is 6.29 Å². The first-order chi connectivity index (χ1) is 4.37. The summed E-state index contributed by atoms with van der Waals surface area (Å²) in [7, 11) is 0. The van der Waals surface area contributed by atoms with Gasteiger partial charge in [0, 0.05) is 5.41 Å². The number of rotatable bonds is 1. The van der Waals surface area contributed by atoms with Crippen molar-refractivity contribution in [2.75, 3.05) is 0 Å². The highest BCUT2D eigenvalue weighted by Crippen LogP contribution is 2.78. The molecule has 1 nitrogen and oxygen atoms in total. The highest BCUT2D eigenvalue weighted by atomic mass is 16.1. The van der Waals surface area contributed by atoms with Crippen LogP contribution in [0.3, 0.4) is 0 Å². The fourth-order valence-corrected chi connectivity index (χ4v) is 3.40. The Kier molecular flexibility index (Phi) is 0.487. The van der Waals surface area contributed by atoms with Crippen LogP contribution in [0.15, 0.2) is 0 Å². The maximum atomic E-state index is 10.6. The van der Waals surface area contributed by atoms with Gasteiger partial charge in [0.25, 0.3) is 0 Å². The Balaban J connectivity index is 2.10. The summed E-state index contributed by atoms with van der Waals surface area (Å²) in [5, 5.41) is 0. The molecule has 2 atom stereocenters. The van der Waals surface area contributed by atoms with Crippen molar-refractivity contribution in [2.24, 2.45) is 23.2 Å². The largest absolute Gasteiger partial charge is 0.303 e. The Morgan fingerprint density at radius 2 is 2.00 bits per heavy atom. The minimum Gasteiger partial charge on any atom is -0.303 e. The van der Waals surface area contributed by atoms with Gasteiger partial charge in [-0.1, -0.05) is 0 Å². The maximum absolute atomic E-state index is 10.6. The van der Waals surface area contributed by atoms with Gasteiger partial charge >= 0.3 is 0 Å². The second-order valence-corrected chi connectivity index (χ2v) is 3.98. The van der Waals surface area contributed by atoms with Crippen molar-refractivity contribution in [1.82, 2.24) is 0 Å². The minimum absolute atomic E-state index is 0.255. The van der Waals surface area contributed by atoms with E-state index in [9.17, 15) is 4.79 Å². The fraction of sp³-hybridized carbons (Fsp3) is 0.875. The lowest BCUT2D eigenvalue weighted by Gasteiger charge is -1.95. The van der Waals surface area contributed by atoms with Crippen LogP contribution in [0.1, 0.15) is 19.3 Å². The Morgan fingerprint density at radius 3 is 2.22 bits per heavy atom. The molecule has 0 aromatic carbocycles. The van der Waals surface area contributed by atoms with E-state index in [0.29, 0.717) is 0 Å². The van der Waals surface area contributed by atoms with Crippen LogP contribution in [0.2, 0.25) is 0 Å². The molecule has 48 valence electrons. The fourth-order valence-electron chi connectivity index (χ4n) is 3.40. The zero-order valence-corrected chi connectivity index (χ0v) is 5.34. The third-order valence-electron chi connectivity index (χ3n) is 3.79. The molecule has 4 rings (SSSR count). The molecule has 0 aliphatic heterocycles. The average molecular weight is 122 g/mol. The minimum atomic E-state index is 0.255. The zero-order chi connectivity index (χ0) is 6.06. The van der Waals surface area contributed by atoms with Crippen molar-refractivity contribution in [2.45, 2.75) is 19.3 Å². The summed E-state index contributed by atoms with van der Waals surface area (Å²) in [5.41, 5.74) is 0.255. The van der Waals surface area contributed by atoms with Crippen molar-refractivity contribution in [3.63, 3.8) is 0 Å². The van der Waals surface area contributed by atoms with E-state index in [1.807, 2.05) is 0 Å². The quantitative estimate of drug-likeness (QED) is 0.478. The van der Waals surface area contributed by atoms with Crippen molar-refractivity contribution >= 4 is 6.29 Å². The van der Waals surface area contributed by atoms with Gasteiger partial charge in [-0.2, -0.15) is 0 Å². The summed E-state index contributed by atoms with van der Waals surface area (Å²) in [4.78, 5) is 10.6. The molecular weight excluding hydrogens is 112 g/mol. The summed E-state index contributed by atoms with van der Waals surface area (Å²) >= 11 is 0. The molecule has 4 bridgehead atoms. The third-order valence-corrected chi connectivity index (χ3v) is 3.79. The van der Waals surface area contributed by atoms with Crippen LogP contribution in [0, 0.1) is 23.2 Å². The lowest BCUT2D eigenvalue weighted by Crippen LogP contribution is -1.98. The van der Waals surface area contributed by atoms with E-state index in [4.69, 9.17) is 0 Å². The van der Waals surface area contributed by atoms with Crippen LogP contribution >= 0.6 is 0 Å². The molecule has 4 aliphatic carbocycles. The van der Waals surface area contributed by atoms with Gasteiger partial charge < -0.3 is 4.79 Å². The predicted octanol–water partition coefficient (Wildman–Crippen LogP) is 1.23. The molecule has 0 N–H and O–H groups in total. The molecular formula is C8H10O.